The molecule has 0 radical (unpaired) electrons. The molecule has 8 heteroatoms. The van der Waals surface area contributed by atoms with Gasteiger partial charge < -0.3 is 4.52 Å². The molecule has 0 unspecified atom stereocenters. The Bertz CT molecular complexity index is 1550. The van der Waals surface area contributed by atoms with Gasteiger partial charge in [0.25, 0.3) is 5.89 Å². The minimum Gasteiger partial charge on any atom is -0.334 e. The lowest BCUT2D eigenvalue weighted by atomic mass is 10.1. The highest BCUT2D eigenvalue weighted by Crippen LogP contribution is 2.27. The minimum absolute atomic E-state index is 0.0772. The van der Waals surface area contributed by atoms with Crippen molar-refractivity contribution in [3.05, 3.63) is 96.2 Å². The standard InChI is InChI=1S/C26H22N4O3S/c1-18-6-12-23(13-7-18)34(31,32)17-19-8-10-20(11-9-19)26-28-25(29-33-26)22-5-3-4-21(16-22)24-14-15-27-30(24)2/h3-16H,17H2,1-2H3. The van der Waals surface area contributed by atoms with Crippen LogP contribution in [-0.2, 0) is 22.6 Å². The smallest absolute Gasteiger partial charge is 0.258 e. The molecule has 2 aromatic heterocycles. The van der Waals surface area contributed by atoms with Crippen molar-refractivity contribution in [1.29, 1.82) is 0 Å². The van der Waals surface area contributed by atoms with Crippen molar-refractivity contribution >= 4 is 9.84 Å². The van der Waals surface area contributed by atoms with Crippen LogP contribution in [0.3, 0.4) is 0 Å². The van der Waals surface area contributed by atoms with Gasteiger partial charge in [0.2, 0.25) is 5.82 Å². The van der Waals surface area contributed by atoms with Gasteiger partial charge in [-0.2, -0.15) is 10.1 Å². The maximum Gasteiger partial charge on any atom is 0.258 e. The van der Waals surface area contributed by atoms with E-state index >= 15 is 0 Å². The summed E-state index contributed by atoms with van der Waals surface area (Å²) in [7, 11) is -1.53. The molecular formula is C26H22N4O3S. The molecule has 3 aromatic carbocycles. The number of rotatable bonds is 6. The van der Waals surface area contributed by atoms with E-state index in [1.54, 1.807) is 59.4 Å². The van der Waals surface area contributed by atoms with Crippen molar-refractivity contribution < 1.29 is 12.9 Å². The molecule has 7 nitrogen and oxygen atoms in total. The highest BCUT2D eigenvalue weighted by molar-refractivity contribution is 7.90. The summed E-state index contributed by atoms with van der Waals surface area (Å²) in [5.74, 6) is 0.769. The molecule has 170 valence electrons. The van der Waals surface area contributed by atoms with Crippen LogP contribution in [0.25, 0.3) is 34.1 Å². The molecule has 0 bridgehead atoms. The van der Waals surface area contributed by atoms with Crippen LogP contribution in [0.15, 0.2) is 94.5 Å². The second-order valence-corrected chi connectivity index (χ2v) is 10.1. The first-order valence-electron chi connectivity index (χ1n) is 10.7. The summed E-state index contributed by atoms with van der Waals surface area (Å²) in [6.07, 6.45) is 1.75. The maximum atomic E-state index is 12.7. The van der Waals surface area contributed by atoms with Gasteiger partial charge in [0.1, 0.15) is 0 Å². The summed E-state index contributed by atoms with van der Waals surface area (Å²) >= 11 is 0. The fourth-order valence-corrected chi connectivity index (χ4v) is 5.07. The Morgan fingerprint density at radius 2 is 1.62 bits per heavy atom. The molecule has 0 N–H and O–H groups in total. The van der Waals surface area contributed by atoms with Crippen LogP contribution in [0.2, 0.25) is 0 Å². The Balaban J connectivity index is 1.35. The van der Waals surface area contributed by atoms with Gasteiger partial charge in [0.05, 0.1) is 16.3 Å². The van der Waals surface area contributed by atoms with Crippen LogP contribution in [0.5, 0.6) is 0 Å². The van der Waals surface area contributed by atoms with Crippen LogP contribution in [-0.4, -0.2) is 28.3 Å². The van der Waals surface area contributed by atoms with E-state index in [2.05, 4.69) is 15.2 Å². The van der Waals surface area contributed by atoms with Crippen molar-refractivity contribution in [2.45, 2.75) is 17.6 Å². The van der Waals surface area contributed by atoms with E-state index in [-0.39, 0.29) is 5.75 Å². The molecule has 0 fully saturated rings. The Morgan fingerprint density at radius 3 is 2.32 bits per heavy atom. The lowest BCUT2D eigenvalue weighted by molar-refractivity contribution is 0.432. The summed E-state index contributed by atoms with van der Waals surface area (Å²) in [4.78, 5) is 4.85. The molecule has 2 heterocycles. The van der Waals surface area contributed by atoms with Gasteiger partial charge >= 0.3 is 0 Å². The first-order chi connectivity index (χ1) is 16.4. The third-order valence-electron chi connectivity index (χ3n) is 5.60. The molecule has 5 aromatic rings. The Labute approximate surface area is 197 Å². The molecule has 0 amide bonds. The molecular weight excluding hydrogens is 448 g/mol. The second-order valence-electron chi connectivity index (χ2n) is 8.11. The first kappa shape index (κ1) is 21.8. The number of benzene rings is 3. The molecule has 0 saturated carbocycles. The number of nitrogens with zero attached hydrogens (tertiary/aromatic N) is 4. The van der Waals surface area contributed by atoms with Gasteiger partial charge in [0.15, 0.2) is 9.84 Å². The summed E-state index contributed by atoms with van der Waals surface area (Å²) in [6, 6.07) is 23.8. The third-order valence-corrected chi connectivity index (χ3v) is 7.30. The Hall–Kier alpha value is -4.04. The zero-order valence-electron chi connectivity index (χ0n) is 18.7. The average molecular weight is 471 g/mol. The minimum atomic E-state index is -3.42. The molecule has 0 aliphatic carbocycles. The summed E-state index contributed by atoms with van der Waals surface area (Å²) in [6.45, 7) is 1.93. The van der Waals surface area contributed by atoms with Crippen LogP contribution >= 0.6 is 0 Å². The number of aromatic nitrogens is 4. The SMILES string of the molecule is Cc1ccc(S(=O)(=O)Cc2ccc(-c3nc(-c4cccc(-c5ccnn5C)c4)no3)cc2)cc1. The highest BCUT2D eigenvalue weighted by atomic mass is 32.2. The second kappa shape index (κ2) is 8.72. The summed E-state index contributed by atoms with van der Waals surface area (Å²) in [5.41, 5.74) is 5.25. The first-order valence-corrected chi connectivity index (χ1v) is 12.4. The highest BCUT2D eigenvalue weighted by Gasteiger charge is 2.16. The van der Waals surface area contributed by atoms with Crippen molar-refractivity contribution in [3.63, 3.8) is 0 Å². The predicted octanol–water partition coefficient (Wildman–Crippen LogP) is 5.09. The van der Waals surface area contributed by atoms with Crippen LogP contribution in [0.4, 0.5) is 0 Å². The Kier molecular flexibility index (Phi) is 5.59. The van der Waals surface area contributed by atoms with Crippen LogP contribution < -0.4 is 0 Å². The molecule has 0 spiro atoms. The van der Waals surface area contributed by atoms with Gasteiger partial charge in [-0.3, -0.25) is 4.68 Å². The monoisotopic (exact) mass is 470 g/mol. The molecule has 0 saturated heterocycles. The van der Waals surface area contributed by atoms with Crippen molar-refractivity contribution in [2.75, 3.05) is 0 Å². The lowest BCUT2D eigenvalue weighted by Gasteiger charge is -2.06. The van der Waals surface area contributed by atoms with Crippen LogP contribution in [0.1, 0.15) is 11.1 Å². The lowest BCUT2D eigenvalue weighted by Crippen LogP contribution is -2.04. The van der Waals surface area contributed by atoms with Gasteiger partial charge in [-0.1, -0.05) is 53.2 Å². The van der Waals surface area contributed by atoms with E-state index in [9.17, 15) is 8.42 Å². The number of hydrogen-bond donors (Lipinski definition) is 0. The third kappa shape index (κ3) is 4.40. The summed E-state index contributed by atoms with van der Waals surface area (Å²) in [5, 5.41) is 8.35. The van der Waals surface area contributed by atoms with Gasteiger partial charge in [-0.05, 0) is 48.9 Å². The zero-order valence-corrected chi connectivity index (χ0v) is 19.5. The van der Waals surface area contributed by atoms with E-state index in [1.165, 1.54) is 0 Å². The zero-order chi connectivity index (χ0) is 23.7. The number of hydrogen-bond acceptors (Lipinski definition) is 6. The topological polar surface area (TPSA) is 90.9 Å². The number of sulfone groups is 1. The number of aryl methyl sites for hydroxylation is 2. The fourth-order valence-electron chi connectivity index (χ4n) is 3.72. The quantitative estimate of drug-likeness (QED) is 0.343. The molecule has 0 atom stereocenters. The fraction of sp³-hybridized carbons (Fsp3) is 0.115. The van der Waals surface area contributed by atoms with E-state index in [4.69, 9.17) is 4.52 Å². The Morgan fingerprint density at radius 1 is 0.882 bits per heavy atom. The van der Waals surface area contributed by atoms with E-state index in [0.717, 1.165) is 27.9 Å². The molecule has 34 heavy (non-hydrogen) atoms. The summed E-state index contributed by atoms with van der Waals surface area (Å²) < 4.78 is 32.7. The van der Waals surface area contributed by atoms with E-state index in [0.29, 0.717) is 22.2 Å². The molecule has 5 rings (SSSR count). The van der Waals surface area contributed by atoms with Gasteiger partial charge in [-0.25, -0.2) is 8.42 Å². The maximum absolute atomic E-state index is 12.7. The van der Waals surface area contributed by atoms with E-state index < -0.39 is 9.84 Å². The normalized spacial score (nSPS) is 11.6. The van der Waals surface area contributed by atoms with Gasteiger partial charge in [-0.15, -0.1) is 0 Å². The van der Waals surface area contributed by atoms with Gasteiger partial charge in [0, 0.05) is 29.9 Å². The van der Waals surface area contributed by atoms with Crippen molar-refractivity contribution in [2.24, 2.45) is 7.05 Å². The largest absolute Gasteiger partial charge is 0.334 e. The van der Waals surface area contributed by atoms with E-state index in [1.807, 2.05) is 44.3 Å². The molecule has 0 aliphatic rings. The van der Waals surface area contributed by atoms with Crippen molar-refractivity contribution in [1.82, 2.24) is 19.9 Å². The van der Waals surface area contributed by atoms with Crippen molar-refractivity contribution in [3.8, 4) is 34.1 Å². The molecule has 0 aliphatic heterocycles. The van der Waals surface area contributed by atoms with Crippen LogP contribution in [0, 0.1) is 6.92 Å². The predicted molar refractivity (Wildman–Crippen MR) is 129 cm³/mol. The average Bonchev–Trinajstić information content (AvgIpc) is 3.49.